The van der Waals surface area contributed by atoms with Gasteiger partial charge in [0.2, 0.25) is 0 Å². The third-order valence-corrected chi connectivity index (χ3v) is 7.12. The fraction of sp³-hybridized carbons (Fsp3) is 0.571. The van der Waals surface area contributed by atoms with Crippen LogP contribution in [0.2, 0.25) is 0 Å². The number of fused-ring (bicyclic) bond motifs is 3. The quantitative estimate of drug-likeness (QED) is 0.602. The average Bonchev–Trinajstić information content (AvgIpc) is 3.15. The molecule has 3 nitrogen and oxygen atoms in total. The highest BCUT2D eigenvalue weighted by molar-refractivity contribution is 5.83. The highest BCUT2D eigenvalue weighted by Gasteiger charge is 2.63. The molecule has 3 aliphatic rings. The summed E-state index contributed by atoms with van der Waals surface area (Å²) in [5, 5.41) is 0. The molecule has 0 spiro atoms. The number of methoxy groups -OCH3 is 1. The van der Waals surface area contributed by atoms with Crippen LogP contribution in [0.15, 0.2) is 46.8 Å². The lowest BCUT2D eigenvalue weighted by Crippen LogP contribution is -2.46. The largest absolute Gasteiger partial charge is 0.472 e. The van der Waals surface area contributed by atoms with Crippen LogP contribution in [0, 0.1) is 28.6 Å². The predicted octanol–water partition coefficient (Wildman–Crippen LogP) is 4.55. The van der Waals surface area contributed by atoms with Gasteiger partial charge in [0.1, 0.15) is 0 Å². The number of ether oxygens (including phenoxy) is 1. The summed E-state index contributed by atoms with van der Waals surface area (Å²) in [5.74, 6) is 1.31. The normalized spacial score (nSPS) is 39.6. The van der Waals surface area contributed by atoms with E-state index in [0.717, 1.165) is 25.7 Å². The summed E-state index contributed by atoms with van der Waals surface area (Å²) in [6, 6.07) is 2.06. The molecule has 24 heavy (non-hydrogen) atoms. The highest BCUT2D eigenvalue weighted by atomic mass is 16.5. The fourth-order valence-corrected chi connectivity index (χ4v) is 5.36. The predicted molar refractivity (Wildman–Crippen MR) is 92.2 cm³/mol. The standard InChI is InChI=1S/C21H26O3/c1-14-4-5-16-12-21(19(22)23-3)10-7-17(21)18(16)20(14,2)9-6-15-8-11-24-13-15/h5,7-8,10-11,13-14,17-18H,4,6,9,12H2,1-3H3/t14-,17+,18-,20+,21+/m1/s1. The van der Waals surface area contributed by atoms with Gasteiger partial charge in [0.25, 0.3) is 0 Å². The molecule has 0 radical (unpaired) electrons. The van der Waals surface area contributed by atoms with Crippen molar-refractivity contribution < 1.29 is 13.9 Å². The monoisotopic (exact) mass is 326 g/mol. The molecular formula is C21H26O3. The zero-order valence-electron chi connectivity index (χ0n) is 14.7. The molecule has 1 aromatic rings. The first-order chi connectivity index (χ1) is 11.5. The number of rotatable bonds is 4. The van der Waals surface area contributed by atoms with E-state index in [2.05, 4.69) is 38.1 Å². The van der Waals surface area contributed by atoms with Gasteiger partial charge in [-0.1, -0.05) is 37.6 Å². The summed E-state index contributed by atoms with van der Waals surface area (Å²) < 4.78 is 10.4. The Hall–Kier alpha value is -1.77. The van der Waals surface area contributed by atoms with Gasteiger partial charge in [-0.15, -0.1) is 0 Å². The Morgan fingerprint density at radius 1 is 1.46 bits per heavy atom. The molecule has 3 heteroatoms. The topological polar surface area (TPSA) is 39.4 Å². The van der Waals surface area contributed by atoms with Gasteiger partial charge in [-0.25, -0.2) is 0 Å². The number of furan rings is 1. The average molecular weight is 326 g/mol. The van der Waals surface area contributed by atoms with Gasteiger partial charge in [0, 0.05) is 5.92 Å². The lowest BCUT2D eigenvalue weighted by Gasteiger charge is -2.49. The van der Waals surface area contributed by atoms with Crippen LogP contribution in [0.4, 0.5) is 0 Å². The second-order valence-electron chi connectivity index (χ2n) is 8.12. The van der Waals surface area contributed by atoms with E-state index < -0.39 is 5.41 Å². The van der Waals surface area contributed by atoms with E-state index in [1.54, 1.807) is 6.26 Å². The van der Waals surface area contributed by atoms with Crippen LogP contribution in [-0.2, 0) is 16.0 Å². The number of allylic oxidation sites excluding steroid dienone is 3. The fourth-order valence-electron chi connectivity index (χ4n) is 5.36. The lowest BCUT2D eigenvalue weighted by atomic mass is 9.55. The molecule has 128 valence electrons. The Morgan fingerprint density at radius 3 is 2.92 bits per heavy atom. The number of hydrogen-bond acceptors (Lipinski definition) is 3. The van der Waals surface area contributed by atoms with Crippen LogP contribution in [0.1, 0.15) is 38.7 Å². The second kappa shape index (κ2) is 5.37. The van der Waals surface area contributed by atoms with E-state index in [9.17, 15) is 4.79 Å². The van der Waals surface area contributed by atoms with Crippen LogP contribution >= 0.6 is 0 Å². The SMILES string of the molecule is COC(=O)[C@]12C=C[C@H]1[C@H]1C(=CC[C@@H](C)[C@]1(C)CCc1ccoc1)C2. The molecular weight excluding hydrogens is 300 g/mol. The van der Waals surface area contributed by atoms with Crippen molar-refractivity contribution in [1.82, 2.24) is 0 Å². The third-order valence-electron chi connectivity index (χ3n) is 7.12. The van der Waals surface area contributed by atoms with E-state index in [-0.39, 0.29) is 11.4 Å². The molecule has 0 unspecified atom stereocenters. The molecule has 0 bridgehead atoms. The van der Waals surface area contributed by atoms with Gasteiger partial charge in [0.05, 0.1) is 25.1 Å². The second-order valence-corrected chi connectivity index (χ2v) is 8.12. The van der Waals surface area contributed by atoms with Crippen molar-refractivity contribution in [3.05, 3.63) is 48.0 Å². The third kappa shape index (κ3) is 2.00. The molecule has 4 rings (SSSR count). The molecule has 1 saturated carbocycles. The van der Waals surface area contributed by atoms with Gasteiger partial charge < -0.3 is 9.15 Å². The van der Waals surface area contributed by atoms with E-state index >= 15 is 0 Å². The summed E-state index contributed by atoms with van der Waals surface area (Å²) in [4.78, 5) is 12.5. The maximum atomic E-state index is 12.5. The first-order valence-corrected chi connectivity index (χ1v) is 8.99. The summed E-state index contributed by atoms with van der Waals surface area (Å²) in [6.45, 7) is 4.79. The van der Waals surface area contributed by atoms with Crippen molar-refractivity contribution in [2.24, 2.45) is 28.6 Å². The van der Waals surface area contributed by atoms with Crippen LogP contribution in [-0.4, -0.2) is 13.1 Å². The Kier molecular flexibility index (Phi) is 3.52. The summed E-state index contributed by atoms with van der Waals surface area (Å²) >= 11 is 0. The smallest absolute Gasteiger partial charge is 0.316 e. The van der Waals surface area contributed by atoms with Crippen molar-refractivity contribution in [3.8, 4) is 0 Å². The minimum atomic E-state index is -0.397. The molecule has 1 heterocycles. The molecule has 1 aromatic heterocycles. The van der Waals surface area contributed by atoms with Gasteiger partial charge in [-0.2, -0.15) is 0 Å². The van der Waals surface area contributed by atoms with E-state index in [0.29, 0.717) is 17.8 Å². The van der Waals surface area contributed by atoms with E-state index in [4.69, 9.17) is 9.15 Å². The molecule has 1 fully saturated rings. The van der Waals surface area contributed by atoms with Gasteiger partial charge in [0.15, 0.2) is 0 Å². The molecule has 0 aromatic carbocycles. The van der Waals surface area contributed by atoms with Gasteiger partial charge >= 0.3 is 5.97 Å². The summed E-state index contributed by atoms with van der Waals surface area (Å²) in [5.41, 5.74) is 2.54. The van der Waals surface area contributed by atoms with Crippen molar-refractivity contribution in [1.29, 1.82) is 0 Å². The molecule has 3 aliphatic carbocycles. The Bertz CT molecular complexity index is 699. The number of hydrogen-bond donors (Lipinski definition) is 0. The molecule has 0 N–H and O–H groups in total. The Morgan fingerprint density at radius 2 is 2.29 bits per heavy atom. The van der Waals surface area contributed by atoms with E-state index in [1.807, 2.05) is 6.26 Å². The van der Waals surface area contributed by atoms with Crippen LogP contribution in [0.3, 0.4) is 0 Å². The van der Waals surface area contributed by atoms with Gasteiger partial charge in [-0.05, 0) is 54.6 Å². The van der Waals surface area contributed by atoms with Crippen molar-refractivity contribution >= 4 is 5.97 Å². The zero-order chi connectivity index (χ0) is 16.9. The number of esters is 1. The Balaban J connectivity index is 1.64. The maximum Gasteiger partial charge on any atom is 0.316 e. The summed E-state index contributed by atoms with van der Waals surface area (Å²) in [6.07, 6.45) is 14.4. The van der Waals surface area contributed by atoms with Crippen molar-refractivity contribution in [3.63, 3.8) is 0 Å². The van der Waals surface area contributed by atoms with Crippen LogP contribution in [0.5, 0.6) is 0 Å². The number of carbonyl (C=O) groups is 1. The minimum Gasteiger partial charge on any atom is -0.472 e. The highest BCUT2D eigenvalue weighted by Crippen LogP contribution is 2.66. The Labute approximate surface area is 143 Å². The first kappa shape index (κ1) is 15.7. The van der Waals surface area contributed by atoms with Crippen molar-refractivity contribution in [2.75, 3.05) is 7.11 Å². The zero-order valence-corrected chi connectivity index (χ0v) is 14.7. The van der Waals surface area contributed by atoms with Crippen LogP contribution < -0.4 is 0 Å². The first-order valence-electron chi connectivity index (χ1n) is 8.99. The molecule has 0 amide bonds. The molecule has 0 saturated heterocycles. The van der Waals surface area contributed by atoms with E-state index in [1.165, 1.54) is 18.2 Å². The van der Waals surface area contributed by atoms with Crippen molar-refractivity contribution in [2.45, 2.75) is 39.5 Å². The number of carbonyl (C=O) groups excluding carboxylic acids is 1. The molecule has 5 atom stereocenters. The number of aryl methyl sites for hydroxylation is 1. The lowest BCUT2D eigenvalue weighted by molar-refractivity contribution is -0.153. The van der Waals surface area contributed by atoms with Crippen LogP contribution in [0.25, 0.3) is 0 Å². The molecule has 0 aliphatic heterocycles. The van der Waals surface area contributed by atoms with Gasteiger partial charge in [-0.3, -0.25) is 4.79 Å². The maximum absolute atomic E-state index is 12.5. The summed E-state index contributed by atoms with van der Waals surface area (Å²) in [7, 11) is 1.51. The minimum absolute atomic E-state index is 0.0601.